The van der Waals surface area contributed by atoms with Gasteiger partial charge in [-0.25, -0.2) is 8.42 Å². The molecule has 9 heteroatoms. The smallest absolute Gasteiger partial charge is 0.245 e. The van der Waals surface area contributed by atoms with Crippen LogP contribution in [0, 0.1) is 5.92 Å². The van der Waals surface area contributed by atoms with Crippen LogP contribution in [0.15, 0.2) is 35.5 Å². The lowest BCUT2D eigenvalue weighted by Gasteiger charge is -2.24. The van der Waals surface area contributed by atoms with E-state index in [1.807, 2.05) is 6.26 Å². The maximum absolute atomic E-state index is 13.2. The molecule has 2 aromatic rings. The number of carbonyl (C=O) groups excluding carboxylic acids is 1. The SMILES string of the molecule is CSCCC(=O)C1CCN(S(=O)(=O)c2cccc3cncc(Cl)c23)[C@@H]1N. The van der Waals surface area contributed by atoms with Crippen molar-refractivity contribution < 1.29 is 13.2 Å². The average Bonchev–Trinajstić information content (AvgIpc) is 3.02. The third kappa shape index (κ3) is 3.48. The minimum absolute atomic E-state index is 0.0182. The number of Topliss-reactive ketones (excluding diaryl/α,β-unsaturated/α-hetero) is 1. The number of hydrogen-bond donors (Lipinski definition) is 1. The summed E-state index contributed by atoms with van der Waals surface area (Å²) >= 11 is 7.80. The number of benzene rings is 1. The summed E-state index contributed by atoms with van der Waals surface area (Å²) in [7, 11) is -3.89. The van der Waals surface area contributed by atoms with Crippen LogP contribution >= 0.6 is 23.4 Å². The number of sulfonamides is 1. The van der Waals surface area contributed by atoms with Gasteiger partial charge >= 0.3 is 0 Å². The molecule has 0 amide bonds. The Morgan fingerprint density at radius 2 is 2.19 bits per heavy atom. The van der Waals surface area contributed by atoms with E-state index in [1.54, 1.807) is 30.1 Å². The van der Waals surface area contributed by atoms with E-state index in [0.717, 1.165) is 0 Å². The Bertz CT molecular complexity index is 931. The minimum Gasteiger partial charge on any atom is -0.314 e. The summed E-state index contributed by atoms with van der Waals surface area (Å²) in [6.45, 7) is 0.221. The van der Waals surface area contributed by atoms with Gasteiger partial charge in [-0.1, -0.05) is 23.7 Å². The summed E-state index contributed by atoms with van der Waals surface area (Å²) in [6, 6.07) is 4.92. The monoisotopic (exact) mass is 413 g/mol. The Balaban J connectivity index is 1.96. The van der Waals surface area contributed by atoms with Gasteiger partial charge in [0.1, 0.15) is 5.78 Å². The molecule has 1 unspecified atom stereocenters. The van der Waals surface area contributed by atoms with Crippen LogP contribution in [0.25, 0.3) is 10.8 Å². The second-order valence-electron chi connectivity index (χ2n) is 6.19. The van der Waals surface area contributed by atoms with Crippen LogP contribution in [0.4, 0.5) is 0 Å². The number of fused-ring (bicyclic) bond motifs is 1. The topological polar surface area (TPSA) is 93.4 Å². The van der Waals surface area contributed by atoms with E-state index >= 15 is 0 Å². The number of ketones is 1. The van der Waals surface area contributed by atoms with Crippen molar-refractivity contribution >= 4 is 49.9 Å². The Kier molecular flexibility index (Phi) is 5.88. The molecular formula is C17H20ClN3O3S2. The number of halogens is 1. The molecular weight excluding hydrogens is 394 g/mol. The highest BCUT2D eigenvalue weighted by Crippen LogP contribution is 2.34. The van der Waals surface area contributed by atoms with Gasteiger partial charge in [-0.15, -0.1) is 0 Å². The molecule has 1 fully saturated rings. The fourth-order valence-corrected chi connectivity index (χ4v) is 5.84. The summed E-state index contributed by atoms with van der Waals surface area (Å²) in [5.74, 6) is 0.259. The predicted octanol–water partition coefficient (Wildman–Crippen LogP) is 2.51. The fourth-order valence-electron chi connectivity index (χ4n) is 3.31. The Morgan fingerprint density at radius 3 is 2.92 bits per heavy atom. The highest BCUT2D eigenvalue weighted by Gasteiger charge is 2.42. The number of rotatable bonds is 6. The molecule has 1 saturated heterocycles. The maximum atomic E-state index is 13.2. The first-order valence-electron chi connectivity index (χ1n) is 8.19. The zero-order chi connectivity index (χ0) is 18.9. The Labute approximate surface area is 162 Å². The number of aromatic nitrogens is 1. The van der Waals surface area contributed by atoms with Crippen LogP contribution in [0.2, 0.25) is 5.02 Å². The molecule has 0 radical (unpaired) electrons. The van der Waals surface area contributed by atoms with Crippen molar-refractivity contribution in [2.75, 3.05) is 18.6 Å². The number of carbonyl (C=O) groups is 1. The lowest BCUT2D eigenvalue weighted by atomic mass is 9.99. The molecule has 140 valence electrons. The van der Waals surface area contributed by atoms with Crippen LogP contribution in [-0.2, 0) is 14.8 Å². The van der Waals surface area contributed by atoms with E-state index in [4.69, 9.17) is 17.3 Å². The van der Waals surface area contributed by atoms with Gasteiger partial charge in [-0.05, 0) is 24.5 Å². The molecule has 6 nitrogen and oxygen atoms in total. The second-order valence-corrected chi connectivity index (χ2v) is 9.44. The summed E-state index contributed by atoms with van der Waals surface area (Å²) in [4.78, 5) is 16.4. The van der Waals surface area contributed by atoms with E-state index in [0.29, 0.717) is 29.4 Å². The van der Waals surface area contributed by atoms with Crippen molar-refractivity contribution in [3.8, 4) is 0 Å². The molecule has 26 heavy (non-hydrogen) atoms. The molecule has 0 bridgehead atoms. The van der Waals surface area contributed by atoms with E-state index in [9.17, 15) is 13.2 Å². The zero-order valence-corrected chi connectivity index (χ0v) is 16.6. The number of nitrogens with two attached hydrogens (primary N) is 1. The molecule has 2 heterocycles. The van der Waals surface area contributed by atoms with Crippen molar-refractivity contribution in [1.29, 1.82) is 0 Å². The molecule has 3 rings (SSSR count). The summed E-state index contributed by atoms with van der Waals surface area (Å²) in [5.41, 5.74) is 6.18. The van der Waals surface area contributed by atoms with Gasteiger partial charge in [-0.2, -0.15) is 16.1 Å². The first kappa shape index (κ1) is 19.6. The molecule has 1 aliphatic rings. The molecule has 0 saturated carbocycles. The van der Waals surface area contributed by atoms with Gasteiger partial charge < -0.3 is 5.73 Å². The second kappa shape index (κ2) is 7.82. The molecule has 2 N–H and O–H groups in total. The van der Waals surface area contributed by atoms with Crippen LogP contribution in [0.3, 0.4) is 0 Å². The number of pyridine rings is 1. The van der Waals surface area contributed by atoms with E-state index < -0.39 is 22.1 Å². The maximum Gasteiger partial charge on any atom is 0.245 e. The first-order valence-corrected chi connectivity index (χ1v) is 11.4. The van der Waals surface area contributed by atoms with Crippen LogP contribution < -0.4 is 5.73 Å². The van der Waals surface area contributed by atoms with Crippen molar-refractivity contribution in [3.63, 3.8) is 0 Å². The molecule has 1 aromatic heterocycles. The number of hydrogen-bond acceptors (Lipinski definition) is 6. The summed E-state index contributed by atoms with van der Waals surface area (Å²) in [5, 5.41) is 1.33. The molecule has 1 aliphatic heterocycles. The minimum atomic E-state index is -3.89. The van der Waals surface area contributed by atoms with Gasteiger partial charge in [0.25, 0.3) is 0 Å². The Hall–Kier alpha value is -1.19. The molecule has 0 aliphatic carbocycles. The summed E-state index contributed by atoms with van der Waals surface area (Å²) < 4.78 is 27.7. The highest BCUT2D eigenvalue weighted by molar-refractivity contribution is 7.98. The van der Waals surface area contributed by atoms with E-state index in [2.05, 4.69) is 4.98 Å². The lowest BCUT2D eigenvalue weighted by molar-refractivity contribution is -0.122. The molecule has 0 spiro atoms. The standard InChI is InChI=1S/C17H20ClN3O3S2/c1-25-8-6-14(22)12-5-7-21(17(12)19)26(23,24)15-4-2-3-11-9-20-10-13(18)16(11)15/h2-4,9-10,12,17H,5-8,19H2,1H3/t12?,17-/m0/s1. The number of nitrogens with zero attached hydrogens (tertiary/aromatic N) is 2. The lowest BCUT2D eigenvalue weighted by Crippen LogP contribution is -2.45. The van der Waals surface area contributed by atoms with Gasteiger partial charge in [0.05, 0.1) is 16.1 Å². The van der Waals surface area contributed by atoms with E-state index in [-0.39, 0.29) is 22.2 Å². The van der Waals surface area contributed by atoms with Gasteiger partial charge in [0.15, 0.2) is 0 Å². The zero-order valence-electron chi connectivity index (χ0n) is 14.3. The molecule has 1 aromatic carbocycles. The third-order valence-corrected chi connectivity index (χ3v) is 7.50. The van der Waals surface area contributed by atoms with Crippen molar-refractivity contribution in [3.05, 3.63) is 35.6 Å². The van der Waals surface area contributed by atoms with Crippen molar-refractivity contribution in [2.45, 2.75) is 23.9 Å². The van der Waals surface area contributed by atoms with Gasteiger partial charge in [0.2, 0.25) is 10.0 Å². The quantitative estimate of drug-likeness (QED) is 0.782. The van der Waals surface area contributed by atoms with Gasteiger partial charge in [-0.3, -0.25) is 9.78 Å². The summed E-state index contributed by atoms with van der Waals surface area (Å²) in [6.07, 6.45) is 4.90. The third-order valence-electron chi connectivity index (χ3n) is 4.66. The predicted molar refractivity (Wildman–Crippen MR) is 105 cm³/mol. The Morgan fingerprint density at radius 1 is 1.42 bits per heavy atom. The normalized spacial score (nSPS) is 21.3. The van der Waals surface area contributed by atoms with Gasteiger partial charge in [0, 0.05) is 42.0 Å². The molecule has 2 atom stereocenters. The first-order chi connectivity index (χ1) is 12.4. The van der Waals surface area contributed by atoms with Crippen LogP contribution in [-0.4, -0.2) is 48.2 Å². The largest absolute Gasteiger partial charge is 0.314 e. The van der Waals surface area contributed by atoms with Crippen LogP contribution in [0.5, 0.6) is 0 Å². The fraction of sp³-hybridized carbons (Fsp3) is 0.412. The van der Waals surface area contributed by atoms with Crippen molar-refractivity contribution in [1.82, 2.24) is 9.29 Å². The van der Waals surface area contributed by atoms with Crippen molar-refractivity contribution in [2.24, 2.45) is 11.7 Å². The average molecular weight is 414 g/mol. The van der Waals surface area contributed by atoms with Crippen LogP contribution in [0.1, 0.15) is 12.8 Å². The number of thioether (sulfide) groups is 1. The highest BCUT2D eigenvalue weighted by atomic mass is 35.5. The van der Waals surface area contributed by atoms with E-state index in [1.165, 1.54) is 16.6 Å².